The predicted octanol–water partition coefficient (Wildman–Crippen LogP) is -0.203. The van der Waals surface area contributed by atoms with Crippen LogP contribution in [0.4, 0.5) is 0 Å². The van der Waals surface area contributed by atoms with E-state index < -0.39 is 5.91 Å². The lowest BCUT2D eigenvalue weighted by atomic mass is 10.1. The molecule has 1 heterocycles. The molecular weight excluding hydrogens is 236 g/mol. The van der Waals surface area contributed by atoms with Gasteiger partial charge in [0.25, 0.3) is 11.8 Å². The summed E-state index contributed by atoms with van der Waals surface area (Å²) in [5, 5.41) is 2.03. The van der Waals surface area contributed by atoms with Crippen LogP contribution in [0.25, 0.3) is 0 Å². The second-order valence-electron chi connectivity index (χ2n) is 3.29. The third-order valence-electron chi connectivity index (χ3n) is 1.96. The van der Waals surface area contributed by atoms with Gasteiger partial charge in [-0.05, 0) is 12.1 Å². The SMILES string of the molecule is NC(=O)c1ccc(C=O)cc1.O=C1C=CC(=O)N1. The zero-order valence-corrected chi connectivity index (χ0v) is 9.25. The van der Waals surface area contributed by atoms with E-state index in [1.807, 2.05) is 5.32 Å². The van der Waals surface area contributed by atoms with Gasteiger partial charge in [0.15, 0.2) is 0 Å². The molecule has 1 aliphatic rings. The van der Waals surface area contributed by atoms with Crippen LogP contribution in [0.1, 0.15) is 20.7 Å². The zero-order chi connectivity index (χ0) is 13.5. The van der Waals surface area contributed by atoms with Gasteiger partial charge in [-0.15, -0.1) is 0 Å². The summed E-state index contributed by atoms with van der Waals surface area (Å²) in [5.74, 6) is -1.14. The lowest BCUT2D eigenvalue weighted by Crippen LogP contribution is -2.19. The van der Waals surface area contributed by atoms with Gasteiger partial charge in [-0.3, -0.25) is 24.5 Å². The van der Waals surface area contributed by atoms with Crippen LogP contribution in [0.2, 0.25) is 0 Å². The van der Waals surface area contributed by atoms with E-state index in [4.69, 9.17) is 5.73 Å². The standard InChI is InChI=1S/C8H7NO2.C4H3NO2/c9-8(11)7-3-1-6(5-10)2-4-7;6-3-1-2-4(7)5-3/h1-5H,(H2,9,11);1-2H,(H,5,6,7). The second kappa shape index (κ2) is 6.09. The third-order valence-corrected chi connectivity index (χ3v) is 1.96. The maximum atomic E-state index is 10.5. The van der Waals surface area contributed by atoms with Crippen molar-refractivity contribution in [1.82, 2.24) is 5.32 Å². The molecule has 0 unspecified atom stereocenters. The number of carbonyl (C=O) groups is 4. The molecule has 92 valence electrons. The molecule has 0 aromatic heterocycles. The highest BCUT2D eigenvalue weighted by Crippen LogP contribution is 2.00. The van der Waals surface area contributed by atoms with Crippen LogP contribution in [0.5, 0.6) is 0 Å². The highest BCUT2D eigenvalue weighted by atomic mass is 16.2. The van der Waals surface area contributed by atoms with E-state index >= 15 is 0 Å². The highest BCUT2D eigenvalue weighted by molar-refractivity contribution is 6.12. The Morgan fingerprint density at radius 1 is 1.06 bits per heavy atom. The fraction of sp³-hybridized carbons (Fsp3) is 0. The Morgan fingerprint density at radius 3 is 1.83 bits per heavy atom. The molecule has 0 fully saturated rings. The third kappa shape index (κ3) is 4.01. The Balaban J connectivity index is 0.000000199. The molecule has 6 heteroatoms. The maximum absolute atomic E-state index is 10.5. The van der Waals surface area contributed by atoms with Crippen LogP contribution in [0.3, 0.4) is 0 Å². The van der Waals surface area contributed by atoms with E-state index in [0.29, 0.717) is 17.4 Å². The minimum Gasteiger partial charge on any atom is -0.366 e. The number of rotatable bonds is 2. The number of nitrogens with one attached hydrogen (secondary N) is 1. The molecule has 0 radical (unpaired) electrons. The minimum absolute atomic E-state index is 0.329. The molecule has 6 nitrogen and oxygen atoms in total. The first-order chi connectivity index (χ1) is 8.52. The van der Waals surface area contributed by atoms with E-state index in [1.165, 1.54) is 24.3 Å². The summed E-state index contributed by atoms with van der Waals surface area (Å²) >= 11 is 0. The topological polar surface area (TPSA) is 106 Å². The number of amides is 3. The van der Waals surface area contributed by atoms with Gasteiger partial charge >= 0.3 is 0 Å². The first kappa shape index (κ1) is 13.3. The molecule has 3 N–H and O–H groups in total. The molecule has 0 atom stereocenters. The molecule has 1 aromatic carbocycles. The van der Waals surface area contributed by atoms with Gasteiger partial charge in [-0.2, -0.15) is 0 Å². The minimum atomic E-state index is -0.484. The van der Waals surface area contributed by atoms with Crippen LogP contribution < -0.4 is 11.1 Å². The summed E-state index contributed by atoms with van der Waals surface area (Å²) in [7, 11) is 0. The zero-order valence-electron chi connectivity index (χ0n) is 9.25. The molecule has 0 bridgehead atoms. The van der Waals surface area contributed by atoms with Crippen LogP contribution in [0.15, 0.2) is 36.4 Å². The number of benzene rings is 1. The van der Waals surface area contributed by atoms with Gasteiger partial charge in [0, 0.05) is 23.3 Å². The normalized spacial score (nSPS) is 12.4. The fourth-order valence-electron chi connectivity index (χ4n) is 1.08. The largest absolute Gasteiger partial charge is 0.366 e. The molecule has 2 rings (SSSR count). The van der Waals surface area contributed by atoms with E-state index in [1.54, 1.807) is 12.1 Å². The first-order valence-corrected chi connectivity index (χ1v) is 4.91. The summed E-state index contributed by atoms with van der Waals surface area (Å²) in [4.78, 5) is 40.8. The van der Waals surface area contributed by atoms with Gasteiger partial charge in [0.05, 0.1) is 0 Å². The van der Waals surface area contributed by atoms with Crippen molar-refractivity contribution in [2.45, 2.75) is 0 Å². The smallest absolute Gasteiger partial charge is 0.250 e. The van der Waals surface area contributed by atoms with E-state index in [0.717, 1.165) is 0 Å². The van der Waals surface area contributed by atoms with Gasteiger partial charge in [-0.1, -0.05) is 12.1 Å². The van der Waals surface area contributed by atoms with E-state index in [9.17, 15) is 19.2 Å². The molecule has 0 saturated heterocycles. The van der Waals surface area contributed by atoms with E-state index in [2.05, 4.69) is 0 Å². The summed E-state index contributed by atoms with van der Waals surface area (Å²) in [5.41, 5.74) is 5.93. The van der Waals surface area contributed by atoms with Gasteiger partial charge in [0.2, 0.25) is 5.91 Å². The molecule has 3 amide bonds. The van der Waals surface area contributed by atoms with Crippen molar-refractivity contribution in [2.75, 3.05) is 0 Å². The first-order valence-electron chi connectivity index (χ1n) is 4.91. The number of hydrogen-bond acceptors (Lipinski definition) is 4. The quantitative estimate of drug-likeness (QED) is 0.556. The Bertz CT molecular complexity index is 501. The van der Waals surface area contributed by atoms with Crippen molar-refractivity contribution in [3.05, 3.63) is 47.5 Å². The van der Waals surface area contributed by atoms with Crippen molar-refractivity contribution in [1.29, 1.82) is 0 Å². The van der Waals surface area contributed by atoms with Crippen molar-refractivity contribution in [3.8, 4) is 0 Å². The Labute approximate surface area is 102 Å². The predicted molar refractivity (Wildman–Crippen MR) is 62.6 cm³/mol. The van der Waals surface area contributed by atoms with E-state index in [-0.39, 0.29) is 11.8 Å². The highest BCUT2D eigenvalue weighted by Gasteiger charge is 2.06. The van der Waals surface area contributed by atoms with Crippen molar-refractivity contribution in [2.24, 2.45) is 5.73 Å². The van der Waals surface area contributed by atoms with Gasteiger partial charge in [-0.25, -0.2) is 0 Å². The molecule has 1 aliphatic heterocycles. The average Bonchev–Trinajstić information content (AvgIpc) is 2.74. The number of imide groups is 1. The second-order valence-corrected chi connectivity index (χ2v) is 3.29. The maximum Gasteiger partial charge on any atom is 0.250 e. The van der Waals surface area contributed by atoms with Gasteiger partial charge < -0.3 is 5.73 Å². The lowest BCUT2D eigenvalue weighted by molar-refractivity contribution is -0.123. The molecule has 0 spiro atoms. The van der Waals surface area contributed by atoms with Crippen molar-refractivity contribution in [3.63, 3.8) is 0 Å². The number of nitrogens with two attached hydrogens (primary N) is 1. The molecule has 18 heavy (non-hydrogen) atoms. The monoisotopic (exact) mass is 246 g/mol. The van der Waals surface area contributed by atoms with Crippen LogP contribution in [-0.2, 0) is 9.59 Å². The summed E-state index contributed by atoms with van der Waals surface area (Å²) in [6.45, 7) is 0. The molecule has 0 aliphatic carbocycles. The number of carbonyl (C=O) groups excluding carboxylic acids is 4. The van der Waals surface area contributed by atoms with Crippen LogP contribution in [0, 0.1) is 0 Å². The van der Waals surface area contributed by atoms with Crippen LogP contribution >= 0.6 is 0 Å². The lowest BCUT2D eigenvalue weighted by Gasteiger charge is -1.93. The van der Waals surface area contributed by atoms with Crippen molar-refractivity contribution >= 4 is 24.0 Å². The Morgan fingerprint density at radius 2 is 1.56 bits per heavy atom. The average molecular weight is 246 g/mol. The molecule has 1 aromatic rings. The molecule has 0 saturated carbocycles. The summed E-state index contributed by atoms with van der Waals surface area (Å²) in [6, 6.07) is 6.14. The van der Waals surface area contributed by atoms with Gasteiger partial charge in [0.1, 0.15) is 6.29 Å². The summed E-state index contributed by atoms with van der Waals surface area (Å²) in [6.07, 6.45) is 3.11. The van der Waals surface area contributed by atoms with Crippen molar-refractivity contribution < 1.29 is 19.2 Å². The Kier molecular flexibility index (Phi) is 4.50. The molecular formula is C12H10N2O4. The Hall–Kier alpha value is -2.76. The summed E-state index contributed by atoms with van der Waals surface area (Å²) < 4.78 is 0. The van der Waals surface area contributed by atoms with Crippen LogP contribution in [-0.4, -0.2) is 24.0 Å². The number of hydrogen-bond donors (Lipinski definition) is 2. The fourth-order valence-corrected chi connectivity index (χ4v) is 1.08. The number of aldehydes is 1. The number of primary amides is 1.